The van der Waals surface area contributed by atoms with E-state index in [2.05, 4.69) is 13.8 Å². The Hall–Kier alpha value is -0.570. The van der Waals surface area contributed by atoms with E-state index in [9.17, 15) is 9.90 Å². The van der Waals surface area contributed by atoms with Crippen LogP contribution >= 0.6 is 0 Å². The maximum Gasteiger partial charge on any atom is 0.228 e. The molecule has 3 nitrogen and oxygen atoms in total. The van der Waals surface area contributed by atoms with Crippen molar-refractivity contribution in [2.75, 3.05) is 13.1 Å². The van der Waals surface area contributed by atoms with Crippen LogP contribution in [0.3, 0.4) is 0 Å². The summed E-state index contributed by atoms with van der Waals surface area (Å²) in [5.41, 5.74) is -0.139. The molecular weight excluding hydrogens is 202 g/mol. The zero-order chi connectivity index (χ0) is 11.8. The molecule has 2 atom stereocenters. The average molecular weight is 225 g/mol. The van der Waals surface area contributed by atoms with Gasteiger partial charge in [-0.05, 0) is 25.2 Å². The summed E-state index contributed by atoms with van der Waals surface area (Å²) in [7, 11) is 0. The van der Waals surface area contributed by atoms with Gasteiger partial charge < -0.3 is 10.0 Å². The zero-order valence-electron chi connectivity index (χ0n) is 10.4. The zero-order valence-corrected chi connectivity index (χ0v) is 10.4. The monoisotopic (exact) mass is 225 g/mol. The number of hydrogen-bond donors (Lipinski definition) is 1. The van der Waals surface area contributed by atoms with Gasteiger partial charge >= 0.3 is 0 Å². The topological polar surface area (TPSA) is 40.5 Å². The molecule has 0 aromatic rings. The molecule has 92 valence electrons. The number of β-amino-alcohol motifs (C(OH)–C–C–N with tert-alkyl or cyclic N) is 1. The second kappa shape index (κ2) is 4.36. The van der Waals surface area contributed by atoms with Gasteiger partial charge in [-0.1, -0.05) is 26.7 Å². The summed E-state index contributed by atoms with van der Waals surface area (Å²) >= 11 is 0. The molecule has 0 radical (unpaired) electrons. The molecule has 0 aromatic heterocycles. The predicted octanol–water partition coefficient (Wildman–Crippen LogP) is 1.80. The first-order valence-corrected chi connectivity index (χ1v) is 6.50. The average Bonchev–Trinajstić information content (AvgIpc) is 2.70. The van der Waals surface area contributed by atoms with Crippen LogP contribution in [-0.4, -0.2) is 35.1 Å². The van der Waals surface area contributed by atoms with Crippen molar-refractivity contribution in [3.05, 3.63) is 0 Å². The van der Waals surface area contributed by atoms with E-state index in [0.717, 1.165) is 25.8 Å². The SMILES string of the molecule is CC1CCN(C(=O)C2(C)CCCC2)CC1O. The molecule has 0 spiro atoms. The largest absolute Gasteiger partial charge is 0.391 e. The third kappa shape index (κ3) is 2.10. The van der Waals surface area contributed by atoms with Gasteiger partial charge in [0.15, 0.2) is 0 Å². The molecule has 16 heavy (non-hydrogen) atoms. The van der Waals surface area contributed by atoms with Crippen LogP contribution in [0.25, 0.3) is 0 Å². The number of carbonyl (C=O) groups excluding carboxylic acids is 1. The minimum atomic E-state index is -0.331. The maximum atomic E-state index is 12.4. The van der Waals surface area contributed by atoms with Crippen LogP contribution in [0.15, 0.2) is 0 Å². The van der Waals surface area contributed by atoms with Crippen molar-refractivity contribution in [2.45, 2.75) is 52.1 Å². The second-order valence-corrected chi connectivity index (χ2v) is 5.85. The first-order chi connectivity index (χ1) is 7.53. The summed E-state index contributed by atoms with van der Waals surface area (Å²) in [6, 6.07) is 0. The molecule has 1 heterocycles. The Kier molecular flexibility index (Phi) is 3.24. The van der Waals surface area contributed by atoms with Crippen molar-refractivity contribution in [3.8, 4) is 0 Å². The third-order valence-electron chi connectivity index (χ3n) is 4.43. The van der Waals surface area contributed by atoms with Crippen LogP contribution in [0.5, 0.6) is 0 Å². The Morgan fingerprint density at radius 1 is 1.38 bits per heavy atom. The van der Waals surface area contributed by atoms with E-state index in [0.29, 0.717) is 12.5 Å². The fourth-order valence-electron chi connectivity index (χ4n) is 2.98. The van der Waals surface area contributed by atoms with Crippen molar-refractivity contribution in [2.24, 2.45) is 11.3 Å². The van der Waals surface area contributed by atoms with E-state index in [1.807, 2.05) is 4.90 Å². The number of carbonyl (C=O) groups is 1. The summed E-state index contributed by atoms with van der Waals surface area (Å²) in [5, 5.41) is 9.83. The van der Waals surface area contributed by atoms with Gasteiger partial charge in [0.05, 0.1) is 6.10 Å². The van der Waals surface area contributed by atoms with Crippen LogP contribution in [-0.2, 0) is 4.79 Å². The highest BCUT2D eigenvalue weighted by atomic mass is 16.3. The molecule has 0 bridgehead atoms. The first kappa shape index (κ1) is 11.9. The number of likely N-dealkylation sites (tertiary alicyclic amines) is 1. The maximum absolute atomic E-state index is 12.4. The van der Waals surface area contributed by atoms with Gasteiger partial charge in [0.2, 0.25) is 5.91 Å². The molecule has 1 amide bonds. The lowest BCUT2D eigenvalue weighted by molar-refractivity contribution is -0.145. The van der Waals surface area contributed by atoms with Gasteiger partial charge in [-0.3, -0.25) is 4.79 Å². The van der Waals surface area contributed by atoms with Crippen molar-refractivity contribution >= 4 is 5.91 Å². The third-order valence-corrected chi connectivity index (χ3v) is 4.43. The quantitative estimate of drug-likeness (QED) is 0.739. The Morgan fingerprint density at radius 2 is 2.00 bits per heavy atom. The summed E-state index contributed by atoms with van der Waals surface area (Å²) in [6.07, 6.45) is 5.00. The Morgan fingerprint density at radius 3 is 2.56 bits per heavy atom. The number of rotatable bonds is 1. The van der Waals surface area contributed by atoms with Gasteiger partial charge in [-0.2, -0.15) is 0 Å². The van der Waals surface area contributed by atoms with Gasteiger partial charge in [0.25, 0.3) is 0 Å². The van der Waals surface area contributed by atoms with E-state index in [1.54, 1.807) is 0 Å². The van der Waals surface area contributed by atoms with Crippen LogP contribution in [0.4, 0.5) is 0 Å². The smallest absolute Gasteiger partial charge is 0.228 e. The molecule has 1 aliphatic carbocycles. The standard InChI is InChI=1S/C13H23NO2/c1-10-5-8-14(9-11(10)15)12(16)13(2)6-3-4-7-13/h10-11,15H,3-9H2,1-2H3. The minimum absolute atomic E-state index is 0.139. The first-order valence-electron chi connectivity index (χ1n) is 6.50. The van der Waals surface area contributed by atoms with E-state index in [4.69, 9.17) is 0 Å². The predicted molar refractivity (Wildman–Crippen MR) is 62.9 cm³/mol. The highest BCUT2D eigenvalue weighted by Crippen LogP contribution is 2.39. The molecule has 2 rings (SSSR count). The number of hydrogen-bond acceptors (Lipinski definition) is 2. The van der Waals surface area contributed by atoms with Crippen molar-refractivity contribution < 1.29 is 9.90 Å². The van der Waals surface area contributed by atoms with Gasteiger partial charge in [0.1, 0.15) is 0 Å². The van der Waals surface area contributed by atoms with E-state index >= 15 is 0 Å². The second-order valence-electron chi connectivity index (χ2n) is 5.85. The lowest BCUT2D eigenvalue weighted by Crippen LogP contribution is -2.50. The van der Waals surface area contributed by atoms with E-state index in [1.165, 1.54) is 12.8 Å². The Bertz CT molecular complexity index is 271. The van der Waals surface area contributed by atoms with Gasteiger partial charge in [0, 0.05) is 18.5 Å². The molecule has 2 fully saturated rings. The summed E-state index contributed by atoms with van der Waals surface area (Å²) in [4.78, 5) is 14.3. The van der Waals surface area contributed by atoms with Crippen LogP contribution in [0.1, 0.15) is 46.0 Å². The van der Waals surface area contributed by atoms with Crippen molar-refractivity contribution in [1.82, 2.24) is 4.90 Å². The highest BCUT2D eigenvalue weighted by molar-refractivity contribution is 5.82. The summed E-state index contributed by atoms with van der Waals surface area (Å²) < 4.78 is 0. The number of piperidine rings is 1. The van der Waals surface area contributed by atoms with Crippen LogP contribution in [0, 0.1) is 11.3 Å². The number of amides is 1. The van der Waals surface area contributed by atoms with Gasteiger partial charge in [-0.15, -0.1) is 0 Å². The molecule has 1 saturated heterocycles. The number of aliphatic hydroxyl groups excluding tert-OH is 1. The van der Waals surface area contributed by atoms with Gasteiger partial charge in [-0.25, -0.2) is 0 Å². The molecular formula is C13H23NO2. The van der Waals surface area contributed by atoms with E-state index in [-0.39, 0.29) is 17.4 Å². The Labute approximate surface area is 97.8 Å². The van der Waals surface area contributed by atoms with Crippen molar-refractivity contribution in [1.29, 1.82) is 0 Å². The highest BCUT2D eigenvalue weighted by Gasteiger charge is 2.40. The minimum Gasteiger partial charge on any atom is -0.391 e. The summed E-state index contributed by atoms with van der Waals surface area (Å²) in [5.74, 6) is 0.608. The van der Waals surface area contributed by atoms with E-state index < -0.39 is 0 Å². The molecule has 2 unspecified atom stereocenters. The number of nitrogens with zero attached hydrogens (tertiary/aromatic N) is 1. The molecule has 1 N–H and O–H groups in total. The molecule has 2 aliphatic rings. The normalized spacial score (nSPS) is 34.1. The molecule has 1 saturated carbocycles. The molecule has 0 aromatic carbocycles. The number of aliphatic hydroxyl groups is 1. The lowest BCUT2D eigenvalue weighted by atomic mass is 9.85. The van der Waals surface area contributed by atoms with Crippen molar-refractivity contribution in [3.63, 3.8) is 0 Å². The molecule has 1 aliphatic heterocycles. The lowest BCUT2D eigenvalue weighted by Gasteiger charge is -2.38. The van der Waals surface area contributed by atoms with Crippen LogP contribution < -0.4 is 0 Å². The fraction of sp³-hybridized carbons (Fsp3) is 0.923. The molecule has 3 heteroatoms. The fourth-order valence-corrected chi connectivity index (χ4v) is 2.98. The Balaban J connectivity index is 2.00. The van der Waals surface area contributed by atoms with Crippen LogP contribution in [0.2, 0.25) is 0 Å². The summed E-state index contributed by atoms with van der Waals surface area (Å²) in [6.45, 7) is 5.51.